The van der Waals surface area contributed by atoms with Gasteiger partial charge in [-0.05, 0) is 36.8 Å². The van der Waals surface area contributed by atoms with Gasteiger partial charge in [-0.15, -0.1) is 0 Å². The van der Waals surface area contributed by atoms with Crippen LogP contribution in [0.5, 0.6) is 0 Å². The molecule has 1 unspecified atom stereocenters. The molecule has 0 aromatic carbocycles. The van der Waals surface area contributed by atoms with Gasteiger partial charge in [0.15, 0.2) is 0 Å². The van der Waals surface area contributed by atoms with E-state index in [9.17, 15) is 0 Å². The number of aryl methyl sites for hydroxylation is 1. The molecule has 1 atom stereocenters. The predicted octanol–water partition coefficient (Wildman–Crippen LogP) is 3.25. The maximum Gasteiger partial charge on any atom is 0.0503 e. The molecule has 1 fully saturated rings. The summed E-state index contributed by atoms with van der Waals surface area (Å²) in [7, 11) is 0. The number of pyridine rings is 1. The topological polar surface area (TPSA) is 50.9 Å². The molecule has 0 aliphatic heterocycles. The van der Waals surface area contributed by atoms with Crippen LogP contribution < -0.4 is 11.3 Å². The molecule has 3 heteroatoms. The number of rotatable bonds is 3. The Labute approximate surface area is 110 Å². The number of nitrogens with two attached hydrogens (primary N) is 1. The van der Waals surface area contributed by atoms with Crippen molar-refractivity contribution in [2.24, 2.45) is 11.8 Å². The van der Waals surface area contributed by atoms with Crippen LogP contribution in [0, 0.1) is 12.8 Å². The van der Waals surface area contributed by atoms with Crippen molar-refractivity contribution in [3.05, 3.63) is 29.6 Å². The van der Waals surface area contributed by atoms with Gasteiger partial charge in [0.05, 0.1) is 6.04 Å². The first-order valence-corrected chi connectivity index (χ1v) is 7.19. The van der Waals surface area contributed by atoms with Gasteiger partial charge in [-0.25, -0.2) is 0 Å². The lowest BCUT2D eigenvalue weighted by molar-refractivity contribution is 0.290. The number of hydrogen-bond donors (Lipinski definition) is 2. The Morgan fingerprint density at radius 2 is 1.83 bits per heavy atom. The Morgan fingerprint density at radius 3 is 2.44 bits per heavy atom. The van der Waals surface area contributed by atoms with Gasteiger partial charge in [0.25, 0.3) is 0 Å². The minimum Gasteiger partial charge on any atom is -0.271 e. The van der Waals surface area contributed by atoms with Crippen LogP contribution in [0.4, 0.5) is 0 Å². The van der Waals surface area contributed by atoms with Crippen LogP contribution in [-0.2, 0) is 0 Å². The molecule has 1 saturated carbocycles. The predicted molar refractivity (Wildman–Crippen MR) is 74.8 cm³/mol. The van der Waals surface area contributed by atoms with Gasteiger partial charge in [-0.1, -0.05) is 38.2 Å². The maximum absolute atomic E-state index is 5.80. The molecule has 1 aliphatic carbocycles. The van der Waals surface area contributed by atoms with E-state index in [1.54, 1.807) is 0 Å². The van der Waals surface area contributed by atoms with Crippen LogP contribution in [0.15, 0.2) is 18.5 Å². The lowest BCUT2D eigenvalue weighted by atomic mass is 9.83. The third kappa shape index (κ3) is 3.53. The molecule has 1 aromatic rings. The number of hydrazine groups is 1. The molecule has 3 N–H and O–H groups in total. The van der Waals surface area contributed by atoms with E-state index in [0.29, 0.717) is 5.92 Å². The summed E-state index contributed by atoms with van der Waals surface area (Å²) >= 11 is 0. The molecule has 0 radical (unpaired) electrons. The number of nitrogens with zero attached hydrogens (tertiary/aromatic N) is 1. The molecule has 1 aliphatic rings. The Kier molecular flexibility index (Phi) is 5.14. The van der Waals surface area contributed by atoms with Crippen molar-refractivity contribution in [1.82, 2.24) is 10.4 Å². The quantitative estimate of drug-likeness (QED) is 0.637. The van der Waals surface area contributed by atoms with Crippen molar-refractivity contribution in [3.8, 4) is 0 Å². The van der Waals surface area contributed by atoms with Gasteiger partial charge in [0.2, 0.25) is 0 Å². The van der Waals surface area contributed by atoms with E-state index in [1.165, 1.54) is 56.1 Å². The van der Waals surface area contributed by atoms with Crippen LogP contribution in [0.3, 0.4) is 0 Å². The van der Waals surface area contributed by atoms with E-state index in [4.69, 9.17) is 5.84 Å². The van der Waals surface area contributed by atoms with Crippen molar-refractivity contribution in [2.45, 2.75) is 57.9 Å². The summed E-state index contributed by atoms with van der Waals surface area (Å²) in [6.07, 6.45) is 13.2. The molecule has 18 heavy (non-hydrogen) atoms. The fourth-order valence-electron chi connectivity index (χ4n) is 3.07. The SMILES string of the molecule is Cc1cncc(C(NN)C2CCCCCCC2)c1. The summed E-state index contributed by atoms with van der Waals surface area (Å²) in [6, 6.07) is 2.46. The monoisotopic (exact) mass is 247 g/mol. The van der Waals surface area contributed by atoms with Crippen molar-refractivity contribution in [2.75, 3.05) is 0 Å². The molecule has 0 saturated heterocycles. The smallest absolute Gasteiger partial charge is 0.0503 e. The minimum atomic E-state index is 0.260. The van der Waals surface area contributed by atoms with Gasteiger partial charge in [-0.3, -0.25) is 16.3 Å². The largest absolute Gasteiger partial charge is 0.271 e. The first-order chi connectivity index (χ1) is 8.81. The molecule has 0 amide bonds. The zero-order valence-electron chi connectivity index (χ0n) is 11.4. The normalized spacial score (nSPS) is 20.1. The molecular formula is C15H25N3. The standard InChI is InChI=1S/C15H25N3/c1-12-9-14(11-17-10-12)15(18-16)13-7-5-3-2-4-6-8-13/h9-11,13,15,18H,2-8,16H2,1H3. The molecule has 1 aromatic heterocycles. The molecule has 1 heterocycles. The van der Waals surface area contributed by atoms with E-state index in [2.05, 4.69) is 23.4 Å². The van der Waals surface area contributed by atoms with Gasteiger partial charge in [0.1, 0.15) is 0 Å². The lowest BCUT2D eigenvalue weighted by Gasteiger charge is -2.28. The van der Waals surface area contributed by atoms with Gasteiger partial charge >= 0.3 is 0 Å². The third-order valence-corrected chi connectivity index (χ3v) is 4.06. The van der Waals surface area contributed by atoms with Crippen molar-refractivity contribution in [3.63, 3.8) is 0 Å². The molecule has 0 bridgehead atoms. The summed E-state index contributed by atoms with van der Waals surface area (Å²) in [5, 5.41) is 0. The van der Waals surface area contributed by atoms with E-state index in [1.807, 2.05) is 12.4 Å². The Morgan fingerprint density at radius 1 is 1.17 bits per heavy atom. The highest BCUT2D eigenvalue weighted by atomic mass is 15.2. The number of nitrogens with one attached hydrogen (secondary N) is 1. The summed E-state index contributed by atoms with van der Waals surface area (Å²) in [5.41, 5.74) is 5.47. The van der Waals surface area contributed by atoms with Crippen LogP contribution in [0.2, 0.25) is 0 Å². The molecular weight excluding hydrogens is 222 g/mol. The fourth-order valence-corrected chi connectivity index (χ4v) is 3.07. The molecule has 100 valence electrons. The van der Waals surface area contributed by atoms with Crippen LogP contribution in [0.25, 0.3) is 0 Å². The minimum absolute atomic E-state index is 0.260. The van der Waals surface area contributed by atoms with Crippen molar-refractivity contribution >= 4 is 0 Å². The van der Waals surface area contributed by atoms with E-state index < -0.39 is 0 Å². The highest BCUT2D eigenvalue weighted by molar-refractivity contribution is 5.20. The Bertz CT molecular complexity index is 357. The maximum atomic E-state index is 5.80. The van der Waals surface area contributed by atoms with Gasteiger partial charge in [-0.2, -0.15) is 0 Å². The third-order valence-electron chi connectivity index (χ3n) is 4.06. The first-order valence-electron chi connectivity index (χ1n) is 7.19. The van der Waals surface area contributed by atoms with Crippen molar-refractivity contribution in [1.29, 1.82) is 0 Å². The average molecular weight is 247 g/mol. The fraction of sp³-hybridized carbons (Fsp3) is 0.667. The second-order valence-electron chi connectivity index (χ2n) is 5.55. The molecule has 2 rings (SSSR count). The van der Waals surface area contributed by atoms with Crippen LogP contribution >= 0.6 is 0 Å². The lowest BCUT2D eigenvalue weighted by Crippen LogP contribution is -2.34. The summed E-state index contributed by atoms with van der Waals surface area (Å²) < 4.78 is 0. The van der Waals surface area contributed by atoms with E-state index in [0.717, 1.165) is 0 Å². The summed E-state index contributed by atoms with van der Waals surface area (Å²) in [4.78, 5) is 4.29. The number of aromatic nitrogens is 1. The zero-order chi connectivity index (χ0) is 12.8. The summed E-state index contributed by atoms with van der Waals surface area (Å²) in [5.74, 6) is 6.45. The molecule has 0 spiro atoms. The van der Waals surface area contributed by atoms with Gasteiger partial charge in [0, 0.05) is 12.4 Å². The second-order valence-corrected chi connectivity index (χ2v) is 5.55. The Hall–Kier alpha value is -0.930. The zero-order valence-corrected chi connectivity index (χ0v) is 11.4. The highest BCUT2D eigenvalue weighted by Crippen LogP contribution is 2.32. The van der Waals surface area contributed by atoms with Crippen LogP contribution in [0.1, 0.15) is 62.1 Å². The number of hydrogen-bond acceptors (Lipinski definition) is 3. The van der Waals surface area contributed by atoms with Crippen molar-refractivity contribution < 1.29 is 0 Å². The first kappa shape index (κ1) is 13.5. The second kappa shape index (κ2) is 6.86. The van der Waals surface area contributed by atoms with E-state index >= 15 is 0 Å². The van der Waals surface area contributed by atoms with Crippen LogP contribution in [-0.4, -0.2) is 4.98 Å². The Balaban J connectivity index is 2.10. The molecule has 3 nitrogen and oxygen atoms in total. The van der Waals surface area contributed by atoms with E-state index in [-0.39, 0.29) is 6.04 Å². The average Bonchev–Trinajstić information content (AvgIpc) is 2.32. The highest BCUT2D eigenvalue weighted by Gasteiger charge is 2.22. The van der Waals surface area contributed by atoms with Gasteiger partial charge < -0.3 is 0 Å². The summed E-state index contributed by atoms with van der Waals surface area (Å²) in [6.45, 7) is 2.09.